The van der Waals surface area contributed by atoms with Gasteiger partial charge in [-0.2, -0.15) is 0 Å². The Morgan fingerprint density at radius 3 is 2.47 bits per heavy atom. The Bertz CT molecular complexity index is 147. The highest BCUT2D eigenvalue weighted by molar-refractivity contribution is 6.62. The van der Waals surface area contributed by atoms with Crippen molar-refractivity contribution in [2.75, 3.05) is 6.54 Å². The molecule has 0 fully saturated rings. The van der Waals surface area contributed by atoms with E-state index >= 15 is 0 Å². The molecule has 0 saturated heterocycles. The quantitative estimate of drug-likeness (QED) is 0.321. The predicted octanol–water partition coefficient (Wildman–Crippen LogP) is 2.88. The van der Waals surface area contributed by atoms with Crippen LogP contribution in [0.15, 0.2) is 4.99 Å². The van der Waals surface area contributed by atoms with Crippen molar-refractivity contribution >= 4 is 15.6 Å². The number of aliphatic imine (C=N–C) groups is 1. The minimum Gasteiger partial charge on any atom is -0.415 e. The van der Waals surface area contributed by atoms with Gasteiger partial charge in [0.2, 0.25) is 9.76 Å². The molecule has 0 rings (SSSR count). The molecular formula is C12H27NOSi. The van der Waals surface area contributed by atoms with E-state index in [0.717, 1.165) is 19.4 Å². The summed E-state index contributed by atoms with van der Waals surface area (Å²) in [6.07, 6.45) is 7.95. The molecule has 0 spiro atoms. The largest absolute Gasteiger partial charge is 0.415 e. The van der Waals surface area contributed by atoms with Crippen LogP contribution in [0.3, 0.4) is 0 Å². The summed E-state index contributed by atoms with van der Waals surface area (Å²) in [6, 6.07) is 0. The Labute approximate surface area is 97.5 Å². The first kappa shape index (κ1) is 14.8. The zero-order chi connectivity index (χ0) is 11.4. The second kappa shape index (κ2) is 11.9. The van der Waals surface area contributed by atoms with Crippen molar-refractivity contribution in [2.45, 2.75) is 65.4 Å². The maximum Gasteiger partial charge on any atom is 0.203 e. The SMILES string of the molecule is CCCCCCN=C[SiH2]OC(CC)CC. The highest BCUT2D eigenvalue weighted by atomic mass is 28.2. The van der Waals surface area contributed by atoms with Crippen LogP contribution in [0, 0.1) is 0 Å². The lowest BCUT2D eigenvalue weighted by Crippen LogP contribution is -2.14. The van der Waals surface area contributed by atoms with E-state index in [-0.39, 0.29) is 0 Å². The third kappa shape index (κ3) is 10.1. The van der Waals surface area contributed by atoms with E-state index < -0.39 is 9.76 Å². The molecule has 0 radical (unpaired) electrons. The molecule has 0 aromatic carbocycles. The minimum absolute atomic E-state index is 0.475. The van der Waals surface area contributed by atoms with Crippen LogP contribution >= 0.6 is 0 Å². The zero-order valence-electron chi connectivity index (χ0n) is 10.7. The Kier molecular flexibility index (Phi) is 11.8. The molecule has 0 aliphatic carbocycles. The first-order chi connectivity index (χ1) is 7.35. The van der Waals surface area contributed by atoms with Crippen molar-refractivity contribution in [2.24, 2.45) is 4.99 Å². The molecule has 0 amide bonds. The maximum absolute atomic E-state index is 5.76. The lowest BCUT2D eigenvalue weighted by Gasteiger charge is -2.11. The summed E-state index contributed by atoms with van der Waals surface area (Å²) in [4.78, 5) is 4.40. The number of nitrogens with zero attached hydrogens (tertiary/aromatic N) is 1. The van der Waals surface area contributed by atoms with Gasteiger partial charge in [-0.05, 0) is 19.3 Å². The van der Waals surface area contributed by atoms with E-state index in [9.17, 15) is 0 Å². The van der Waals surface area contributed by atoms with Gasteiger partial charge in [-0.25, -0.2) is 0 Å². The molecule has 90 valence electrons. The van der Waals surface area contributed by atoms with Gasteiger partial charge in [0.15, 0.2) is 0 Å². The monoisotopic (exact) mass is 229 g/mol. The van der Waals surface area contributed by atoms with Gasteiger partial charge in [0.1, 0.15) is 0 Å². The van der Waals surface area contributed by atoms with E-state index in [1.165, 1.54) is 25.7 Å². The first-order valence-electron chi connectivity index (χ1n) is 6.44. The van der Waals surface area contributed by atoms with Crippen molar-refractivity contribution in [1.29, 1.82) is 0 Å². The molecule has 0 bridgehead atoms. The van der Waals surface area contributed by atoms with Crippen molar-refractivity contribution in [3.8, 4) is 0 Å². The molecule has 2 nitrogen and oxygen atoms in total. The van der Waals surface area contributed by atoms with Crippen LogP contribution in [0.5, 0.6) is 0 Å². The summed E-state index contributed by atoms with van der Waals surface area (Å²) in [5.74, 6) is 2.06. The molecule has 3 heteroatoms. The third-order valence-electron chi connectivity index (χ3n) is 2.59. The summed E-state index contributed by atoms with van der Waals surface area (Å²) in [7, 11) is -0.489. The standard InChI is InChI=1S/C12H27NOSi/c1-4-7-8-9-10-13-11-15-14-12(5-2)6-3/h11-12H,4-10,15H2,1-3H3. The Hall–Kier alpha value is -0.153. The van der Waals surface area contributed by atoms with Gasteiger partial charge in [0.05, 0.1) is 0 Å². The number of hydrogen-bond donors (Lipinski definition) is 0. The normalized spacial score (nSPS) is 12.5. The molecular weight excluding hydrogens is 202 g/mol. The molecule has 0 saturated carbocycles. The van der Waals surface area contributed by atoms with Gasteiger partial charge in [0.25, 0.3) is 0 Å². The zero-order valence-corrected chi connectivity index (χ0v) is 12.1. The number of hydrogen-bond acceptors (Lipinski definition) is 2. The van der Waals surface area contributed by atoms with Crippen LogP contribution in [-0.4, -0.2) is 28.2 Å². The van der Waals surface area contributed by atoms with Crippen LogP contribution < -0.4 is 0 Å². The molecule has 0 atom stereocenters. The topological polar surface area (TPSA) is 21.6 Å². The van der Waals surface area contributed by atoms with Crippen molar-refractivity contribution < 1.29 is 4.43 Å². The lowest BCUT2D eigenvalue weighted by atomic mass is 10.2. The molecule has 0 aliphatic rings. The fourth-order valence-electron chi connectivity index (χ4n) is 1.48. The third-order valence-corrected chi connectivity index (χ3v) is 3.66. The van der Waals surface area contributed by atoms with Gasteiger partial charge >= 0.3 is 0 Å². The van der Waals surface area contributed by atoms with Crippen LogP contribution in [-0.2, 0) is 4.43 Å². The molecule has 0 aromatic heterocycles. The minimum atomic E-state index is -0.489. The molecule has 0 aliphatic heterocycles. The molecule has 0 aromatic rings. The van der Waals surface area contributed by atoms with Gasteiger partial charge in [0, 0.05) is 18.5 Å². The number of unbranched alkanes of at least 4 members (excludes halogenated alkanes) is 3. The van der Waals surface area contributed by atoms with E-state index in [1.807, 2.05) is 0 Å². The second-order valence-electron chi connectivity index (χ2n) is 3.92. The highest BCUT2D eigenvalue weighted by Gasteiger charge is 2.00. The van der Waals surface area contributed by atoms with Crippen LogP contribution in [0.4, 0.5) is 0 Å². The second-order valence-corrected chi connectivity index (χ2v) is 4.95. The van der Waals surface area contributed by atoms with Gasteiger partial charge in [-0.1, -0.05) is 40.0 Å². The summed E-state index contributed by atoms with van der Waals surface area (Å²) in [5, 5.41) is 0. The van der Waals surface area contributed by atoms with Gasteiger partial charge in [-0.3, -0.25) is 4.99 Å². The van der Waals surface area contributed by atoms with E-state index in [2.05, 4.69) is 31.6 Å². The van der Waals surface area contributed by atoms with Crippen molar-refractivity contribution in [3.63, 3.8) is 0 Å². The molecule has 15 heavy (non-hydrogen) atoms. The highest BCUT2D eigenvalue weighted by Crippen LogP contribution is 2.00. The van der Waals surface area contributed by atoms with Gasteiger partial charge in [-0.15, -0.1) is 0 Å². The molecule has 0 heterocycles. The smallest absolute Gasteiger partial charge is 0.203 e. The Balaban J connectivity index is 3.23. The predicted molar refractivity (Wildman–Crippen MR) is 71.5 cm³/mol. The Morgan fingerprint density at radius 1 is 1.13 bits per heavy atom. The fraction of sp³-hybridized carbons (Fsp3) is 0.917. The summed E-state index contributed by atoms with van der Waals surface area (Å²) in [5.41, 5.74) is 0. The van der Waals surface area contributed by atoms with Crippen LogP contribution in [0.1, 0.15) is 59.3 Å². The molecule has 0 N–H and O–H groups in total. The summed E-state index contributed by atoms with van der Waals surface area (Å²) in [6.45, 7) is 7.61. The molecule has 0 unspecified atom stereocenters. The summed E-state index contributed by atoms with van der Waals surface area (Å²) < 4.78 is 5.76. The van der Waals surface area contributed by atoms with E-state index in [1.54, 1.807) is 0 Å². The number of rotatable bonds is 10. The van der Waals surface area contributed by atoms with E-state index in [0.29, 0.717) is 6.10 Å². The van der Waals surface area contributed by atoms with Crippen LogP contribution in [0.2, 0.25) is 0 Å². The average molecular weight is 229 g/mol. The Morgan fingerprint density at radius 2 is 1.87 bits per heavy atom. The van der Waals surface area contributed by atoms with Gasteiger partial charge < -0.3 is 4.43 Å². The van der Waals surface area contributed by atoms with Crippen LogP contribution in [0.25, 0.3) is 0 Å². The van der Waals surface area contributed by atoms with E-state index in [4.69, 9.17) is 4.43 Å². The first-order valence-corrected chi connectivity index (χ1v) is 7.84. The lowest BCUT2D eigenvalue weighted by molar-refractivity contribution is 0.208. The van der Waals surface area contributed by atoms with Crippen molar-refractivity contribution in [1.82, 2.24) is 0 Å². The average Bonchev–Trinajstić information content (AvgIpc) is 2.27. The maximum atomic E-state index is 5.76. The fourth-order valence-corrected chi connectivity index (χ4v) is 2.59. The summed E-state index contributed by atoms with van der Waals surface area (Å²) >= 11 is 0. The van der Waals surface area contributed by atoms with Crippen molar-refractivity contribution in [3.05, 3.63) is 0 Å².